The number of quaternary nitrogens is 1. The van der Waals surface area contributed by atoms with Gasteiger partial charge in [0.1, 0.15) is 11.8 Å². The van der Waals surface area contributed by atoms with E-state index in [0.29, 0.717) is 42.0 Å². The predicted octanol–water partition coefficient (Wildman–Crippen LogP) is 5.44. The number of carbonyl (C=O) groups is 3. The van der Waals surface area contributed by atoms with Crippen LogP contribution in [0.25, 0.3) is 10.9 Å². The van der Waals surface area contributed by atoms with Crippen molar-refractivity contribution < 1.29 is 29.6 Å². The summed E-state index contributed by atoms with van der Waals surface area (Å²) in [5.74, 6) is 1.57. The maximum absolute atomic E-state index is 12.5. The number of rotatable bonds is 15. The molecule has 2 saturated carbocycles. The molecule has 3 unspecified atom stereocenters. The Bertz CT molecular complexity index is 1460. The van der Waals surface area contributed by atoms with Crippen LogP contribution in [0.5, 0.6) is 11.6 Å². The zero-order chi connectivity index (χ0) is 37.2. The number of nitrogens with one attached hydrogen (secondary N) is 2. The summed E-state index contributed by atoms with van der Waals surface area (Å²) in [7, 11) is 1.61. The minimum atomic E-state index is -0.447. The first kappa shape index (κ1) is 42.7. The first-order valence-electron chi connectivity index (χ1n) is 18.5. The number of benzene rings is 1. The van der Waals surface area contributed by atoms with Crippen LogP contribution in [0.1, 0.15) is 104 Å². The van der Waals surface area contributed by atoms with E-state index in [-0.39, 0.29) is 29.2 Å². The van der Waals surface area contributed by atoms with Gasteiger partial charge < -0.3 is 30.8 Å². The van der Waals surface area contributed by atoms with Gasteiger partial charge in [0.05, 0.1) is 19.2 Å². The van der Waals surface area contributed by atoms with Crippen molar-refractivity contribution in [3.8, 4) is 11.6 Å². The molecule has 1 aromatic heterocycles. The number of allylic oxidation sites excluding steroid dienone is 2. The van der Waals surface area contributed by atoms with Crippen molar-refractivity contribution in [3.05, 3.63) is 46.1 Å². The molecule has 2 heterocycles. The number of fused-ring (bicyclic) bond motifs is 1. The van der Waals surface area contributed by atoms with Crippen molar-refractivity contribution in [1.29, 1.82) is 0 Å². The van der Waals surface area contributed by atoms with Crippen LogP contribution in [-0.4, -0.2) is 65.2 Å². The Balaban J connectivity index is 0.000000351. The van der Waals surface area contributed by atoms with Gasteiger partial charge in [-0.2, -0.15) is 0 Å². The number of nitrogens with two attached hydrogens (primary N) is 1. The summed E-state index contributed by atoms with van der Waals surface area (Å²) in [6, 6.07) is 4.28. The predicted molar refractivity (Wildman–Crippen MR) is 203 cm³/mol. The zero-order valence-corrected chi connectivity index (χ0v) is 32.2. The Morgan fingerprint density at radius 1 is 1.14 bits per heavy atom. The van der Waals surface area contributed by atoms with E-state index >= 15 is 0 Å². The van der Waals surface area contributed by atoms with E-state index in [1.807, 2.05) is 41.5 Å². The topological polar surface area (TPSA) is 171 Å². The van der Waals surface area contributed by atoms with Crippen LogP contribution in [0.2, 0.25) is 0 Å². The summed E-state index contributed by atoms with van der Waals surface area (Å²) in [4.78, 5) is 52.5. The highest BCUT2D eigenvalue weighted by Crippen LogP contribution is 2.41. The third-order valence-electron chi connectivity index (χ3n) is 8.76. The molecular formula is C38H62N5O6S+. The molecule has 280 valence electrons. The van der Waals surface area contributed by atoms with Gasteiger partial charge in [0.2, 0.25) is 11.8 Å². The lowest BCUT2D eigenvalue weighted by Gasteiger charge is -2.23. The summed E-state index contributed by atoms with van der Waals surface area (Å²) >= 11 is 1.59. The van der Waals surface area contributed by atoms with Gasteiger partial charge in [-0.1, -0.05) is 46.3 Å². The van der Waals surface area contributed by atoms with Crippen molar-refractivity contribution in [2.75, 3.05) is 20.3 Å². The number of aromatic amines is 1. The zero-order valence-electron chi connectivity index (χ0n) is 31.3. The summed E-state index contributed by atoms with van der Waals surface area (Å²) in [6.45, 7) is 12.9. The van der Waals surface area contributed by atoms with E-state index in [2.05, 4.69) is 27.6 Å². The highest BCUT2D eigenvalue weighted by atomic mass is 32.2. The quantitative estimate of drug-likeness (QED) is 0.108. The molecule has 2 aliphatic carbocycles. The maximum atomic E-state index is 12.5. The van der Waals surface area contributed by atoms with Gasteiger partial charge in [0.15, 0.2) is 17.4 Å². The number of amides is 3. The number of methoxy groups -OCH3 is 1. The van der Waals surface area contributed by atoms with Gasteiger partial charge in [-0.15, -0.1) is 0 Å². The molecule has 50 heavy (non-hydrogen) atoms. The third kappa shape index (κ3) is 13.0. The summed E-state index contributed by atoms with van der Waals surface area (Å²) in [6.07, 6.45) is 14.2. The average Bonchev–Trinajstić information content (AvgIpc) is 4.06. The number of H-pyrrole nitrogens is 1. The molecule has 0 bridgehead atoms. The molecule has 0 radical (unpaired) electrons. The van der Waals surface area contributed by atoms with E-state index in [0.717, 1.165) is 61.8 Å². The van der Waals surface area contributed by atoms with Gasteiger partial charge in [-0.3, -0.25) is 23.9 Å². The summed E-state index contributed by atoms with van der Waals surface area (Å²) < 4.78 is 13.5. The molecule has 5 rings (SSSR count). The van der Waals surface area contributed by atoms with Gasteiger partial charge in [0.25, 0.3) is 5.91 Å². The standard InChI is InChI=1S/C21H34N4O3S.C13H15NO3.2C2H6/c22-17(21(28)25-12-6-9-18(25)19(23)26)8-5-3-1-2-4-7-14-13-16(14)20(27)24-29-15-10-11-15;1-4-17-12-7-10(15)9-5-6-11(16-3)8(2)13(9)14-12;2*1-2/h4,7,14-18H,1-3,5-6,8-13,22H2,(H2,23,26)(H,24,27);5-7H,4H2,1-3H3,(H,14,15);2*1-2H3/p+1/b7-4-;;;/t14?,16?,17-,18?;;;/m0.../s1. The van der Waals surface area contributed by atoms with Gasteiger partial charge in [-0.25, -0.2) is 0 Å². The number of ether oxygens (including phenoxy) is 2. The average molecular weight is 717 g/mol. The second kappa shape index (κ2) is 22.3. The first-order valence-corrected chi connectivity index (χ1v) is 19.4. The van der Waals surface area contributed by atoms with Crippen LogP contribution in [0.3, 0.4) is 0 Å². The summed E-state index contributed by atoms with van der Waals surface area (Å²) in [5.41, 5.74) is 11.0. The molecule has 4 atom stereocenters. The molecule has 7 N–H and O–H groups in total. The number of pyridine rings is 1. The normalized spacial score (nSPS) is 19.6. The molecule has 3 amide bonds. The Morgan fingerprint density at radius 2 is 1.86 bits per heavy atom. The van der Waals surface area contributed by atoms with Crippen molar-refractivity contribution in [1.82, 2.24) is 14.6 Å². The van der Waals surface area contributed by atoms with Crippen LogP contribution < -0.4 is 31.1 Å². The van der Waals surface area contributed by atoms with Crippen LogP contribution in [0, 0.1) is 18.8 Å². The molecule has 1 saturated heterocycles. The van der Waals surface area contributed by atoms with Crippen LogP contribution in [-0.2, 0) is 14.4 Å². The lowest BCUT2D eigenvalue weighted by atomic mass is 10.1. The van der Waals surface area contributed by atoms with E-state index in [1.54, 1.807) is 36.1 Å². The van der Waals surface area contributed by atoms with Gasteiger partial charge in [0, 0.05) is 41.1 Å². The molecule has 1 aromatic carbocycles. The third-order valence-corrected chi connectivity index (χ3v) is 9.88. The Hall–Kier alpha value is -3.51. The Labute approximate surface area is 302 Å². The monoisotopic (exact) mass is 716 g/mol. The van der Waals surface area contributed by atoms with Crippen molar-refractivity contribution in [2.45, 2.75) is 123 Å². The van der Waals surface area contributed by atoms with E-state index in [1.165, 1.54) is 18.9 Å². The molecule has 3 fully saturated rings. The number of hydrogen-bond acceptors (Lipinski definition) is 7. The van der Waals surface area contributed by atoms with Crippen LogP contribution >= 0.6 is 11.9 Å². The molecule has 11 nitrogen and oxygen atoms in total. The number of primary amides is 1. The van der Waals surface area contributed by atoms with Crippen molar-refractivity contribution >= 4 is 40.6 Å². The fourth-order valence-corrected chi connectivity index (χ4v) is 6.59. The minimum Gasteiger partial charge on any atom is -0.496 e. The smallest absolute Gasteiger partial charge is 0.281 e. The SMILES string of the molecule is CC.CC.CCOc1cc(=O)c2ccc(OC)c(C)c2[nH]1.NC(=O)C1CCCN1C(=O)[C@@H]([NH3+])CCCCC/C=C\C1CC1C(=O)NSC1CC1. The number of carbonyl (C=O) groups excluding carboxylic acids is 3. The lowest BCUT2D eigenvalue weighted by molar-refractivity contribution is -0.407. The molecule has 12 heteroatoms. The molecule has 1 aliphatic heterocycles. The molecular weight excluding hydrogens is 655 g/mol. The number of aromatic nitrogens is 1. The molecule has 0 spiro atoms. The fraction of sp³-hybridized carbons (Fsp3) is 0.632. The van der Waals surface area contributed by atoms with E-state index < -0.39 is 11.9 Å². The highest BCUT2D eigenvalue weighted by Gasteiger charge is 2.41. The van der Waals surface area contributed by atoms with Crippen molar-refractivity contribution in [2.24, 2.45) is 17.6 Å². The number of likely N-dealkylation sites (tertiary alicyclic amines) is 1. The van der Waals surface area contributed by atoms with Gasteiger partial charge >= 0.3 is 0 Å². The Morgan fingerprint density at radius 3 is 2.50 bits per heavy atom. The van der Waals surface area contributed by atoms with Crippen LogP contribution in [0.15, 0.2) is 35.1 Å². The molecule has 3 aliphatic rings. The van der Waals surface area contributed by atoms with E-state index in [9.17, 15) is 19.2 Å². The van der Waals surface area contributed by atoms with Crippen LogP contribution in [0.4, 0.5) is 0 Å². The second-order valence-electron chi connectivity index (χ2n) is 12.4. The lowest BCUT2D eigenvalue weighted by Crippen LogP contribution is -2.68. The fourth-order valence-electron chi connectivity index (χ4n) is 5.79. The molecule has 2 aromatic rings. The maximum Gasteiger partial charge on any atom is 0.281 e. The number of aryl methyl sites for hydroxylation is 1. The number of unbranched alkanes of at least 4 members (excludes halogenated alkanes) is 3. The Kier molecular flexibility index (Phi) is 19.1. The number of nitrogens with zero attached hydrogens (tertiary/aromatic N) is 1. The van der Waals surface area contributed by atoms with Crippen molar-refractivity contribution in [3.63, 3.8) is 0 Å². The second-order valence-corrected chi connectivity index (χ2v) is 13.5. The largest absolute Gasteiger partial charge is 0.496 e. The summed E-state index contributed by atoms with van der Waals surface area (Å²) in [5, 5.41) is 1.30. The minimum absolute atomic E-state index is 0.0379. The van der Waals surface area contributed by atoms with E-state index in [4.69, 9.17) is 15.2 Å². The first-order chi connectivity index (χ1) is 24.1. The number of hydrogen-bond donors (Lipinski definition) is 4. The van der Waals surface area contributed by atoms with Gasteiger partial charge in [-0.05, 0) is 95.2 Å². The highest BCUT2D eigenvalue weighted by molar-refractivity contribution is 7.98.